The van der Waals surface area contributed by atoms with E-state index in [1.807, 2.05) is 6.07 Å². The van der Waals surface area contributed by atoms with Crippen molar-refractivity contribution in [2.75, 3.05) is 13.2 Å². The normalized spacial score (nSPS) is 19.7. The third-order valence-electron chi connectivity index (χ3n) is 3.18. The fourth-order valence-corrected chi connectivity index (χ4v) is 2.62. The summed E-state index contributed by atoms with van der Waals surface area (Å²) < 4.78 is 6.79. The fraction of sp³-hybridized carbons (Fsp3) is 0.571. The number of hydrogen-bond acceptors (Lipinski definition) is 2. The van der Waals surface area contributed by atoms with E-state index in [1.165, 1.54) is 35.7 Å². The Labute approximate surface area is 112 Å². The van der Waals surface area contributed by atoms with Gasteiger partial charge in [0.05, 0.1) is 6.10 Å². The fourth-order valence-electron chi connectivity index (χ4n) is 2.19. The van der Waals surface area contributed by atoms with Gasteiger partial charge in [-0.05, 0) is 43.9 Å². The number of hydrogen-bond donors (Lipinski definition) is 1. The molecular formula is C14H20BrNO. The van der Waals surface area contributed by atoms with Gasteiger partial charge in [-0.25, -0.2) is 0 Å². The average molecular weight is 298 g/mol. The van der Waals surface area contributed by atoms with Crippen LogP contribution < -0.4 is 5.32 Å². The van der Waals surface area contributed by atoms with Gasteiger partial charge < -0.3 is 10.1 Å². The lowest BCUT2D eigenvalue weighted by Crippen LogP contribution is -2.17. The van der Waals surface area contributed by atoms with E-state index in [4.69, 9.17) is 4.74 Å². The molecular weight excluding hydrogens is 278 g/mol. The molecule has 0 saturated carbocycles. The molecule has 0 aliphatic carbocycles. The van der Waals surface area contributed by atoms with Crippen LogP contribution in [0.25, 0.3) is 0 Å². The molecule has 1 fully saturated rings. The predicted molar refractivity (Wildman–Crippen MR) is 74.1 cm³/mol. The van der Waals surface area contributed by atoms with E-state index in [1.54, 1.807) is 0 Å². The van der Waals surface area contributed by atoms with Crippen LogP contribution in [-0.2, 0) is 11.3 Å². The summed E-state index contributed by atoms with van der Waals surface area (Å²) in [5.74, 6) is 0. The molecule has 3 heteroatoms. The largest absolute Gasteiger partial charge is 0.378 e. The zero-order valence-corrected chi connectivity index (χ0v) is 11.7. The molecule has 2 rings (SSSR count). The van der Waals surface area contributed by atoms with E-state index in [-0.39, 0.29) is 0 Å². The Kier molecular flexibility index (Phi) is 5.49. The molecule has 1 saturated heterocycles. The van der Waals surface area contributed by atoms with Gasteiger partial charge in [0.25, 0.3) is 0 Å². The van der Waals surface area contributed by atoms with Gasteiger partial charge in [-0.2, -0.15) is 0 Å². The van der Waals surface area contributed by atoms with Crippen LogP contribution in [0.4, 0.5) is 0 Å². The van der Waals surface area contributed by atoms with Crippen LogP contribution in [-0.4, -0.2) is 19.3 Å². The van der Waals surface area contributed by atoms with E-state index in [9.17, 15) is 0 Å². The van der Waals surface area contributed by atoms with Gasteiger partial charge in [0, 0.05) is 17.6 Å². The molecule has 1 aromatic rings. The van der Waals surface area contributed by atoms with Crippen molar-refractivity contribution >= 4 is 15.9 Å². The van der Waals surface area contributed by atoms with Gasteiger partial charge >= 0.3 is 0 Å². The van der Waals surface area contributed by atoms with Gasteiger partial charge in [-0.3, -0.25) is 0 Å². The first-order chi connectivity index (χ1) is 8.36. The van der Waals surface area contributed by atoms with Crippen molar-refractivity contribution in [3.8, 4) is 0 Å². The monoisotopic (exact) mass is 297 g/mol. The third kappa shape index (κ3) is 4.41. The summed E-state index contributed by atoms with van der Waals surface area (Å²) in [5.41, 5.74) is 1.32. The van der Waals surface area contributed by atoms with Crippen molar-refractivity contribution in [2.45, 2.75) is 38.3 Å². The molecule has 0 spiro atoms. The highest BCUT2D eigenvalue weighted by atomic mass is 79.9. The van der Waals surface area contributed by atoms with Crippen molar-refractivity contribution in [1.29, 1.82) is 0 Å². The molecule has 0 radical (unpaired) electrons. The van der Waals surface area contributed by atoms with Gasteiger partial charge in [0.2, 0.25) is 0 Å². The smallest absolute Gasteiger partial charge is 0.0576 e. The minimum atomic E-state index is 0.528. The molecule has 94 valence electrons. The summed E-state index contributed by atoms with van der Waals surface area (Å²) in [5, 5.41) is 3.48. The molecule has 1 atom stereocenters. The number of benzene rings is 1. The highest BCUT2D eigenvalue weighted by Crippen LogP contribution is 2.17. The summed E-state index contributed by atoms with van der Waals surface area (Å²) in [6.45, 7) is 2.98. The number of halogens is 1. The SMILES string of the molecule is Brc1ccccc1CNCCCC1CCCO1. The summed E-state index contributed by atoms with van der Waals surface area (Å²) in [6.07, 6.45) is 5.43. The molecule has 2 nitrogen and oxygen atoms in total. The Balaban J connectivity index is 1.58. The van der Waals surface area contributed by atoms with Crippen molar-refractivity contribution < 1.29 is 4.74 Å². The first-order valence-electron chi connectivity index (χ1n) is 6.42. The van der Waals surface area contributed by atoms with E-state index in [2.05, 4.69) is 39.4 Å². The second-order valence-corrected chi connectivity index (χ2v) is 5.40. The molecule has 1 N–H and O–H groups in total. The lowest BCUT2D eigenvalue weighted by atomic mass is 10.1. The van der Waals surface area contributed by atoms with Crippen LogP contribution in [0.5, 0.6) is 0 Å². The van der Waals surface area contributed by atoms with Crippen LogP contribution in [0.3, 0.4) is 0 Å². The third-order valence-corrected chi connectivity index (χ3v) is 3.95. The molecule has 1 aliphatic heterocycles. The second-order valence-electron chi connectivity index (χ2n) is 4.55. The summed E-state index contributed by atoms with van der Waals surface area (Å²) >= 11 is 3.56. The minimum Gasteiger partial charge on any atom is -0.378 e. The Morgan fingerprint density at radius 3 is 3.00 bits per heavy atom. The Hall–Kier alpha value is -0.380. The van der Waals surface area contributed by atoms with Gasteiger partial charge in [0.15, 0.2) is 0 Å². The summed E-state index contributed by atoms with van der Waals surface area (Å²) in [7, 11) is 0. The highest BCUT2D eigenvalue weighted by molar-refractivity contribution is 9.10. The second kappa shape index (κ2) is 7.14. The van der Waals surface area contributed by atoms with Crippen molar-refractivity contribution in [2.24, 2.45) is 0 Å². The summed E-state index contributed by atoms with van der Waals surface area (Å²) in [4.78, 5) is 0. The Bertz CT molecular complexity index is 337. The van der Waals surface area contributed by atoms with Crippen molar-refractivity contribution in [3.05, 3.63) is 34.3 Å². The van der Waals surface area contributed by atoms with Gasteiger partial charge in [-0.1, -0.05) is 34.1 Å². The standard InChI is InChI=1S/C14H20BrNO/c15-14-8-2-1-5-12(14)11-16-9-3-6-13-7-4-10-17-13/h1-2,5,8,13,16H,3-4,6-7,9-11H2. The molecule has 1 aliphatic rings. The molecule has 1 aromatic carbocycles. The highest BCUT2D eigenvalue weighted by Gasteiger charge is 2.14. The zero-order valence-electron chi connectivity index (χ0n) is 10.1. The molecule has 0 aromatic heterocycles. The van der Waals surface area contributed by atoms with Gasteiger partial charge in [-0.15, -0.1) is 0 Å². The number of rotatable bonds is 6. The molecule has 1 unspecified atom stereocenters. The lowest BCUT2D eigenvalue weighted by Gasteiger charge is -2.10. The molecule has 0 amide bonds. The van der Waals surface area contributed by atoms with Crippen LogP contribution >= 0.6 is 15.9 Å². The van der Waals surface area contributed by atoms with E-state index >= 15 is 0 Å². The molecule has 0 bridgehead atoms. The van der Waals surface area contributed by atoms with E-state index in [0.717, 1.165) is 19.7 Å². The first-order valence-corrected chi connectivity index (χ1v) is 7.21. The van der Waals surface area contributed by atoms with Crippen LogP contribution in [0.1, 0.15) is 31.2 Å². The topological polar surface area (TPSA) is 21.3 Å². The van der Waals surface area contributed by atoms with Crippen molar-refractivity contribution in [3.63, 3.8) is 0 Å². The maximum atomic E-state index is 5.60. The maximum Gasteiger partial charge on any atom is 0.0576 e. The number of ether oxygens (including phenoxy) is 1. The molecule has 17 heavy (non-hydrogen) atoms. The lowest BCUT2D eigenvalue weighted by molar-refractivity contribution is 0.102. The summed E-state index contributed by atoms with van der Waals surface area (Å²) in [6, 6.07) is 8.36. The van der Waals surface area contributed by atoms with E-state index < -0.39 is 0 Å². The quantitative estimate of drug-likeness (QED) is 0.812. The average Bonchev–Trinajstić information content (AvgIpc) is 2.84. The predicted octanol–water partition coefficient (Wildman–Crippen LogP) is 3.50. The first kappa shape index (κ1) is 13.1. The van der Waals surface area contributed by atoms with Crippen LogP contribution in [0.2, 0.25) is 0 Å². The molecule has 1 heterocycles. The zero-order chi connectivity index (χ0) is 11.9. The van der Waals surface area contributed by atoms with Crippen LogP contribution in [0.15, 0.2) is 28.7 Å². The minimum absolute atomic E-state index is 0.528. The Morgan fingerprint density at radius 1 is 1.35 bits per heavy atom. The van der Waals surface area contributed by atoms with Gasteiger partial charge in [0.1, 0.15) is 0 Å². The Morgan fingerprint density at radius 2 is 2.24 bits per heavy atom. The van der Waals surface area contributed by atoms with Crippen LogP contribution in [0, 0.1) is 0 Å². The van der Waals surface area contributed by atoms with E-state index in [0.29, 0.717) is 6.10 Å². The van der Waals surface area contributed by atoms with Crippen molar-refractivity contribution in [1.82, 2.24) is 5.32 Å². The number of nitrogens with one attached hydrogen (secondary N) is 1. The maximum absolute atomic E-state index is 5.60.